The number of nitrogens with one attached hydrogen (secondary N) is 2. The van der Waals surface area contributed by atoms with Gasteiger partial charge in [-0.1, -0.05) is 44.2 Å². The molecule has 10 nitrogen and oxygen atoms in total. The fourth-order valence-corrected chi connectivity index (χ4v) is 6.03. The lowest BCUT2D eigenvalue weighted by molar-refractivity contribution is -0.156. The first-order chi connectivity index (χ1) is 18.9. The van der Waals surface area contributed by atoms with Crippen LogP contribution in [-0.2, 0) is 26.1 Å². The highest BCUT2D eigenvalue weighted by Crippen LogP contribution is 2.39. The molecule has 3 rings (SSSR count). The maximum absolute atomic E-state index is 13.7. The molecule has 0 bridgehead atoms. The molecule has 0 aromatic heterocycles. The minimum absolute atomic E-state index is 0.0718. The Kier molecular flexibility index (Phi) is 10.5. The number of fused-ring (bicyclic) bond motifs is 1. The Morgan fingerprint density at radius 1 is 1.30 bits per heavy atom. The number of benzene rings is 2. The third-order valence-electron chi connectivity index (χ3n) is 7.06. The lowest BCUT2D eigenvalue weighted by Crippen LogP contribution is -2.37. The first-order valence-corrected chi connectivity index (χ1v) is 14.9. The maximum Gasteiger partial charge on any atom is 0.312 e. The fourth-order valence-electron chi connectivity index (χ4n) is 4.46. The summed E-state index contributed by atoms with van der Waals surface area (Å²) in [4.78, 5) is 12.4. The van der Waals surface area contributed by atoms with E-state index in [-0.39, 0.29) is 30.7 Å². The summed E-state index contributed by atoms with van der Waals surface area (Å²) in [5.41, 5.74) is 8.66. The van der Waals surface area contributed by atoms with Crippen molar-refractivity contribution in [2.75, 3.05) is 19.7 Å². The minimum atomic E-state index is -3.85. The molecule has 0 fully saturated rings. The summed E-state index contributed by atoms with van der Waals surface area (Å²) < 4.78 is 41.0. The van der Waals surface area contributed by atoms with Gasteiger partial charge in [-0.25, -0.2) is 13.9 Å². The van der Waals surface area contributed by atoms with Crippen molar-refractivity contribution >= 4 is 16.0 Å². The number of carboxylic acid groups (broad SMARTS) is 1. The maximum atomic E-state index is 13.7. The van der Waals surface area contributed by atoms with Gasteiger partial charge in [-0.3, -0.25) is 4.79 Å². The molecule has 1 unspecified atom stereocenters. The first kappa shape index (κ1) is 31.3. The second-order valence-corrected chi connectivity index (χ2v) is 12.4. The number of aryl methyl sites for hydroxylation is 1. The number of nitrogens with zero attached hydrogens (tertiary/aromatic N) is 2. The van der Waals surface area contributed by atoms with Gasteiger partial charge in [0, 0.05) is 19.3 Å². The SMILES string of the molecule is CCCN/C=C(/COC(c1ccc(C)c(CN2C[C@@H](CC)Oc3ccccc3S2(=O)=O)c1)C(C)(C)C(=O)O)N=N. The summed E-state index contributed by atoms with van der Waals surface area (Å²) >= 11 is 0. The highest BCUT2D eigenvalue weighted by atomic mass is 32.2. The first-order valence-electron chi connectivity index (χ1n) is 13.5. The van der Waals surface area contributed by atoms with E-state index in [1.54, 1.807) is 50.4 Å². The molecular weight excluding hydrogens is 532 g/mol. The molecule has 0 saturated heterocycles. The average molecular weight is 573 g/mol. The Balaban J connectivity index is 1.98. The zero-order chi connectivity index (χ0) is 29.5. The molecule has 218 valence electrons. The summed E-state index contributed by atoms with van der Waals surface area (Å²) in [5.74, 6) is -0.706. The van der Waals surface area contributed by atoms with Gasteiger partial charge in [0.15, 0.2) is 0 Å². The van der Waals surface area contributed by atoms with Gasteiger partial charge in [0.05, 0.1) is 24.7 Å². The predicted molar refractivity (Wildman–Crippen MR) is 152 cm³/mol. The Morgan fingerprint density at radius 2 is 2.02 bits per heavy atom. The Labute approximate surface area is 236 Å². The molecule has 1 aliphatic rings. The lowest BCUT2D eigenvalue weighted by Gasteiger charge is -2.31. The molecule has 1 aliphatic heterocycles. The van der Waals surface area contributed by atoms with Crippen LogP contribution in [0.2, 0.25) is 0 Å². The van der Waals surface area contributed by atoms with E-state index in [1.807, 2.05) is 32.9 Å². The Hall–Kier alpha value is -3.28. The lowest BCUT2D eigenvalue weighted by atomic mass is 9.81. The van der Waals surface area contributed by atoms with Crippen LogP contribution in [0.4, 0.5) is 0 Å². The summed E-state index contributed by atoms with van der Waals surface area (Å²) in [7, 11) is -3.85. The molecule has 11 heteroatoms. The van der Waals surface area contributed by atoms with Crippen LogP contribution in [0.25, 0.3) is 0 Å². The number of aliphatic carboxylic acids is 1. The van der Waals surface area contributed by atoms with Crippen LogP contribution in [0.5, 0.6) is 5.75 Å². The van der Waals surface area contributed by atoms with Crippen molar-refractivity contribution in [3.05, 3.63) is 71.1 Å². The monoisotopic (exact) mass is 572 g/mol. The highest BCUT2D eigenvalue weighted by Gasteiger charge is 2.40. The van der Waals surface area contributed by atoms with Crippen LogP contribution in [0.15, 0.2) is 64.4 Å². The Morgan fingerprint density at radius 3 is 2.67 bits per heavy atom. The normalized spacial score (nSPS) is 18.2. The summed E-state index contributed by atoms with van der Waals surface area (Å²) in [6, 6.07) is 12.1. The van der Waals surface area contributed by atoms with Crippen LogP contribution >= 0.6 is 0 Å². The zero-order valence-corrected chi connectivity index (χ0v) is 24.6. The molecule has 40 heavy (non-hydrogen) atoms. The van der Waals surface area contributed by atoms with Crippen molar-refractivity contribution in [1.82, 2.24) is 9.62 Å². The second kappa shape index (κ2) is 13.4. The fraction of sp³-hybridized carbons (Fsp3) is 0.483. The third-order valence-corrected chi connectivity index (χ3v) is 8.91. The zero-order valence-electron chi connectivity index (χ0n) is 23.8. The van der Waals surface area contributed by atoms with Crippen LogP contribution in [0.1, 0.15) is 63.3 Å². The van der Waals surface area contributed by atoms with Gasteiger partial charge in [0.1, 0.15) is 22.4 Å². The van der Waals surface area contributed by atoms with Crippen molar-refractivity contribution in [3.8, 4) is 5.75 Å². The van der Waals surface area contributed by atoms with E-state index in [0.717, 1.165) is 17.5 Å². The number of carboxylic acids is 1. The van der Waals surface area contributed by atoms with Crippen molar-refractivity contribution in [3.63, 3.8) is 0 Å². The Bertz CT molecular complexity index is 1340. The molecule has 2 aromatic carbocycles. The molecule has 3 N–H and O–H groups in total. The van der Waals surface area contributed by atoms with Gasteiger partial charge in [-0.05, 0) is 62.4 Å². The number of para-hydroxylation sites is 1. The predicted octanol–water partition coefficient (Wildman–Crippen LogP) is 5.40. The number of ether oxygens (including phenoxy) is 2. The van der Waals surface area contributed by atoms with Crippen LogP contribution in [0, 0.1) is 17.9 Å². The van der Waals surface area contributed by atoms with Gasteiger partial charge in [-0.2, -0.15) is 9.42 Å². The van der Waals surface area contributed by atoms with E-state index in [9.17, 15) is 18.3 Å². The van der Waals surface area contributed by atoms with Crippen molar-refractivity contribution in [1.29, 1.82) is 5.53 Å². The largest absolute Gasteiger partial charge is 0.488 e. The molecule has 2 atom stereocenters. The van der Waals surface area contributed by atoms with Crippen LogP contribution in [-0.4, -0.2) is 49.6 Å². The quantitative estimate of drug-likeness (QED) is 0.216. The number of hydrogen-bond donors (Lipinski definition) is 3. The molecule has 0 aliphatic carbocycles. The second-order valence-electron chi connectivity index (χ2n) is 10.5. The molecule has 0 saturated carbocycles. The number of hydrogen-bond acceptors (Lipinski definition) is 8. The third kappa shape index (κ3) is 7.07. The molecular formula is C29H40N4O6S. The van der Waals surface area contributed by atoms with E-state index in [0.29, 0.717) is 30.0 Å². The van der Waals surface area contributed by atoms with Crippen molar-refractivity contribution in [2.24, 2.45) is 10.5 Å². The highest BCUT2D eigenvalue weighted by molar-refractivity contribution is 7.89. The van der Waals surface area contributed by atoms with Gasteiger partial charge in [-0.15, -0.1) is 0 Å². The van der Waals surface area contributed by atoms with E-state index in [2.05, 4.69) is 10.4 Å². The number of rotatable bonds is 13. The summed E-state index contributed by atoms with van der Waals surface area (Å²) in [6.45, 7) is 9.92. The molecule has 2 aromatic rings. The van der Waals surface area contributed by atoms with Gasteiger partial charge < -0.3 is 19.9 Å². The molecule has 0 amide bonds. The van der Waals surface area contributed by atoms with E-state index < -0.39 is 27.5 Å². The van der Waals surface area contributed by atoms with Gasteiger partial charge >= 0.3 is 5.97 Å². The smallest absolute Gasteiger partial charge is 0.312 e. The van der Waals surface area contributed by atoms with E-state index >= 15 is 0 Å². The van der Waals surface area contributed by atoms with Crippen molar-refractivity contribution in [2.45, 2.75) is 71.1 Å². The van der Waals surface area contributed by atoms with Crippen LogP contribution < -0.4 is 10.1 Å². The van der Waals surface area contributed by atoms with Gasteiger partial charge in [0.25, 0.3) is 0 Å². The summed E-state index contributed by atoms with van der Waals surface area (Å²) in [5, 5.41) is 16.6. The number of carbonyl (C=O) groups is 1. The summed E-state index contributed by atoms with van der Waals surface area (Å²) in [6.07, 6.45) is 1.91. The van der Waals surface area contributed by atoms with E-state index in [4.69, 9.17) is 15.0 Å². The number of sulfonamides is 1. The van der Waals surface area contributed by atoms with Crippen LogP contribution in [0.3, 0.4) is 0 Å². The van der Waals surface area contributed by atoms with E-state index in [1.165, 1.54) is 4.31 Å². The molecule has 0 spiro atoms. The molecule has 0 radical (unpaired) electrons. The standard InChI is InChI=1S/C29H40N4O6S/c1-6-14-31-16-23(32-30)19-38-27(29(4,5)28(34)35)21-13-12-20(3)22(15-21)17-33-18-24(7-2)39-25-10-8-9-11-26(25)40(33,36)37/h8-13,15-16,24,27,30-31H,6-7,14,17-19H2,1-5H3,(H,34,35)/b23-16-,32-30?/t24-,27?/m1/s1. The molecule has 1 heterocycles. The topological polar surface area (TPSA) is 141 Å². The average Bonchev–Trinajstić information content (AvgIpc) is 3.02. The van der Waals surface area contributed by atoms with Crippen molar-refractivity contribution < 1.29 is 27.8 Å². The minimum Gasteiger partial charge on any atom is -0.488 e. The van der Waals surface area contributed by atoms with Gasteiger partial charge in [0.2, 0.25) is 10.0 Å².